The lowest BCUT2D eigenvalue weighted by molar-refractivity contribution is -0.384. The first-order valence-corrected chi connectivity index (χ1v) is 11.9. The second kappa shape index (κ2) is 10.2. The first-order chi connectivity index (χ1) is 15.5. The number of thioether (sulfide) groups is 1. The van der Waals surface area contributed by atoms with Gasteiger partial charge in [0.25, 0.3) is 5.69 Å². The molecular formula is C19H19ClN6O4S2. The van der Waals surface area contributed by atoms with Crippen molar-refractivity contribution in [2.75, 3.05) is 42.1 Å². The number of hydrogen-bond donors (Lipinski definition) is 1. The Hall–Kier alpha value is -2.83. The number of benzene rings is 1. The summed E-state index contributed by atoms with van der Waals surface area (Å²) in [5.74, 6) is 1.06. The van der Waals surface area contributed by atoms with E-state index in [-0.39, 0.29) is 17.3 Å². The van der Waals surface area contributed by atoms with Crippen LogP contribution in [0.1, 0.15) is 5.76 Å². The van der Waals surface area contributed by atoms with Crippen molar-refractivity contribution in [3.05, 3.63) is 57.5 Å². The average molecular weight is 495 g/mol. The molecule has 1 aliphatic heterocycles. The van der Waals surface area contributed by atoms with Crippen LogP contribution in [0.4, 0.5) is 16.5 Å². The second-order valence-corrected chi connectivity index (χ2v) is 9.49. The van der Waals surface area contributed by atoms with Gasteiger partial charge in [0.15, 0.2) is 4.34 Å². The van der Waals surface area contributed by atoms with Gasteiger partial charge in [0.1, 0.15) is 11.4 Å². The normalized spacial score (nSPS) is 13.9. The first-order valence-electron chi connectivity index (χ1n) is 9.69. The van der Waals surface area contributed by atoms with E-state index >= 15 is 0 Å². The van der Waals surface area contributed by atoms with Crippen molar-refractivity contribution in [2.45, 2.75) is 10.9 Å². The molecule has 10 nitrogen and oxygen atoms in total. The van der Waals surface area contributed by atoms with Crippen molar-refractivity contribution >= 4 is 57.1 Å². The van der Waals surface area contributed by atoms with Gasteiger partial charge in [-0.3, -0.25) is 14.9 Å². The highest BCUT2D eigenvalue weighted by atomic mass is 35.5. The molecular weight excluding hydrogens is 476 g/mol. The van der Waals surface area contributed by atoms with E-state index in [2.05, 4.69) is 15.5 Å². The number of aromatic nitrogens is 2. The Morgan fingerprint density at radius 3 is 2.81 bits per heavy atom. The summed E-state index contributed by atoms with van der Waals surface area (Å²) in [6, 6.07) is 8.33. The zero-order valence-corrected chi connectivity index (χ0v) is 19.2. The molecule has 0 bridgehead atoms. The quantitative estimate of drug-likeness (QED) is 0.283. The molecule has 168 valence electrons. The van der Waals surface area contributed by atoms with Crippen LogP contribution < -0.4 is 10.2 Å². The third-order valence-electron chi connectivity index (χ3n) is 4.83. The van der Waals surface area contributed by atoms with Crippen LogP contribution in [0.25, 0.3) is 0 Å². The molecule has 1 aliphatic rings. The topological polar surface area (TPSA) is 118 Å². The minimum absolute atomic E-state index is 0.000510. The van der Waals surface area contributed by atoms with E-state index in [1.165, 1.54) is 29.2 Å². The fourth-order valence-corrected chi connectivity index (χ4v) is 5.05. The van der Waals surface area contributed by atoms with Gasteiger partial charge in [-0.2, -0.15) is 0 Å². The molecule has 0 atom stereocenters. The lowest BCUT2D eigenvalue weighted by Gasteiger charge is -2.35. The number of furan rings is 1. The summed E-state index contributed by atoms with van der Waals surface area (Å²) in [5.41, 5.74) is 0.491. The molecule has 4 rings (SSSR count). The number of nitro groups is 1. The lowest BCUT2D eigenvalue weighted by Crippen LogP contribution is -2.49. The summed E-state index contributed by atoms with van der Waals surface area (Å²) in [6.45, 7) is 2.52. The fraction of sp³-hybridized carbons (Fsp3) is 0.316. The van der Waals surface area contributed by atoms with Crippen LogP contribution in [0.5, 0.6) is 0 Å². The number of carbonyl (C=O) groups excluding carboxylic acids is 1. The van der Waals surface area contributed by atoms with Gasteiger partial charge in [-0.05, 0) is 24.3 Å². The van der Waals surface area contributed by atoms with Crippen LogP contribution in [0, 0.1) is 10.1 Å². The Balaban J connectivity index is 1.25. The second-order valence-electron chi connectivity index (χ2n) is 6.85. The highest BCUT2D eigenvalue weighted by molar-refractivity contribution is 8.01. The predicted molar refractivity (Wildman–Crippen MR) is 124 cm³/mol. The molecule has 0 saturated carbocycles. The van der Waals surface area contributed by atoms with Gasteiger partial charge < -0.3 is 19.5 Å². The first kappa shape index (κ1) is 22.4. The molecule has 1 saturated heterocycles. The van der Waals surface area contributed by atoms with Crippen LogP contribution in [-0.4, -0.2) is 57.9 Å². The Morgan fingerprint density at radius 1 is 1.28 bits per heavy atom. The summed E-state index contributed by atoms with van der Waals surface area (Å²) < 4.78 is 5.97. The van der Waals surface area contributed by atoms with E-state index in [0.29, 0.717) is 52.9 Å². The van der Waals surface area contributed by atoms with E-state index in [4.69, 9.17) is 16.0 Å². The van der Waals surface area contributed by atoms with Crippen LogP contribution in [0.15, 0.2) is 45.4 Å². The number of hydrogen-bond acceptors (Lipinski definition) is 10. The highest BCUT2D eigenvalue weighted by Gasteiger charge is 2.26. The van der Waals surface area contributed by atoms with Crippen molar-refractivity contribution < 1.29 is 14.1 Å². The smallest absolute Gasteiger partial charge is 0.294 e. The summed E-state index contributed by atoms with van der Waals surface area (Å²) >= 11 is 8.62. The van der Waals surface area contributed by atoms with E-state index in [9.17, 15) is 14.9 Å². The zero-order chi connectivity index (χ0) is 22.5. The van der Waals surface area contributed by atoms with Crippen molar-refractivity contribution in [2.24, 2.45) is 0 Å². The Morgan fingerprint density at radius 2 is 2.09 bits per heavy atom. The zero-order valence-electron chi connectivity index (χ0n) is 16.8. The summed E-state index contributed by atoms with van der Waals surface area (Å²) in [5, 5.41) is 23.6. The van der Waals surface area contributed by atoms with Gasteiger partial charge in [0, 0.05) is 37.3 Å². The molecule has 0 radical (unpaired) electrons. The summed E-state index contributed by atoms with van der Waals surface area (Å²) in [6.07, 6.45) is 1.61. The Bertz CT molecular complexity index is 1090. The molecule has 1 fully saturated rings. The molecule has 13 heteroatoms. The molecule has 2 aromatic heterocycles. The fourth-order valence-electron chi connectivity index (χ4n) is 3.24. The molecule has 1 aromatic carbocycles. The molecule has 0 aliphatic carbocycles. The van der Waals surface area contributed by atoms with Crippen LogP contribution in [0.2, 0.25) is 5.02 Å². The Kier molecular flexibility index (Phi) is 7.12. The number of nitrogens with one attached hydrogen (secondary N) is 1. The van der Waals surface area contributed by atoms with Crippen molar-refractivity contribution in [1.29, 1.82) is 0 Å². The summed E-state index contributed by atoms with van der Waals surface area (Å²) in [4.78, 5) is 27.2. The van der Waals surface area contributed by atoms with Crippen molar-refractivity contribution in [3.8, 4) is 0 Å². The van der Waals surface area contributed by atoms with Crippen LogP contribution >= 0.6 is 34.7 Å². The minimum atomic E-state index is -0.435. The van der Waals surface area contributed by atoms with Crippen LogP contribution in [0.3, 0.4) is 0 Å². The van der Waals surface area contributed by atoms with E-state index in [0.717, 1.165) is 5.76 Å². The SMILES string of the molecule is O=C(CSc1nnc(NCc2ccco2)s1)N1CCN(c2ccc(Cl)cc2[N+](=O)[O-])CC1. The monoisotopic (exact) mass is 494 g/mol. The van der Waals surface area contributed by atoms with E-state index in [1.807, 2.05) is 17.0 Å². The molecule has 1 N–H and O–H groups in total. The number of carbonyl (C=O) groups is 1. The lowest BCUT2D eigenvalue weighted by atomic mass is 10.2. The van der Waals surface area contributed by atoms with Gasteiger partial charge in [0.2, 0.25) is 11.0 Å². The predicted octanol–water partition coefficient (Wildman–Crippen LogP) is 3.75. The number of halogens is 1. The van der Waals surface area contributed by atoms with Crippen LogP contribution in [-0.2, 0) is 11.3 Å². The number of nitro benzene ring substituents is 1. The standard InChI is InChI=1S/C19H19ClN6O4S2/c20-13-3-4-15(16(10-13)26(28)29)24-5-7-25(8-6-24)17(27)12-31-19-23-22-18(32-19)21-11-14-2-1-9-30-14/h1-4,9-10H,5-8,11-12H2,(H,21,22). The third kappa shape index (κ3) is 5.50. The maximum absolute atomic E-state index is 12.6. The number of amides is 1. The van der Waals surface area contributed by atoms with Crippen molar-refractivity contribution in [1.82, 2.24) is 15.1 Å². The van der Waals surface area contributed by atoms with Gasteiger partial charge in [-0.1, -0.05) is 34.7 Å². The van der Waals surface area contributed by atoms with Gasteiger partial charge in [0.05, 0.1) is 23.5 Å². The average Bonchev–Trinajstić information content (AvgIpc) is 3.48. The molecule has 0 unspecified atom stereocenters. The number of nitrogens with zero attached hydrogens (tertiary/aromatic N) is 5. The summed E-state index contributed by atoms with van der Waals surface area (Å²) in [7, 11) is 0. The van der Waals surface area contributed by atoms with E-state index in [1.54, 1.807) is 23.3 Å². The molecule has 1 amide bonds. The molecule has 3 heterocycles. The number of piperazine rings is 1. The van der Waals surface area contributed by atoms with Crippen molar-refractivity contribution in [3.63, 3.8) is 0 Å². The largest absolute Gasteiger partial charge is 0.467 e. The third-order valence-corrected chi connectivity index (χ3v) is 7.06. The molecule has 0 spiro atoms. The van der Waals surface area contributed by atoms with E-state index < -0.39 is 4.92 Å². The minimum Gasteiger partial charge on any atom is -0.467 e. The number of anilines is 2. The Labute approximate surface area is 196 Å². The van der Waals surface area contributed by atoms with Gasteiger partial charge >= 0.3 is 0 Å². The maximum Gasteiger partial charge on any atom is 0.294 e. The molecule has 32 heavy (non-hydrogen) atoms. The van der Waals surface area contributed by atoms with Gasteiger partial charge in [-0.25, -0.2) is 0 Å². The number of rotatable bonds is 8. The highest BCUT2D eigenvalue weighted by Crippen LogP contribution is 2.32. The maximum atomic E-state index is 12.6. The molecule has 3 aromatic rings. The van der Waals surface area contributed by atoms with Gasteiger partial charge in [-0.15, -0.1) is 10.2 Å².